The highest BCUT2D eigenvalue weighted by Crippen LogP contribution is 2.29. The van der Waals surface area contributed by atoms with Gasteiger partial charge in [-0.1, -0.05) is 6.92 Å². The molecular weight excluding hydrogens is 484 g/mol. The minimum atomic E-state index is -0.534. The summed E-state index contributed by atoms with van der Waals surface area (Å²) >= 11 is 0. The average molecular weight is 515 g/mol. The van der Waals surface area contributed by atoms with Crippen molar-refractivity contribution in [2.75, 3.05) is 44.8 Å². The number of carbonyl (C=O) groups excluding carboxylic acids is 3. The zero-order chi connectivity index (χ0) is 26.4. The Morgan fingerprint density at radius 2 is 2.08 bits per heavy atom. The van der Waals surface area contributed by atoms with Crippen molar-refractivity contribution in [3.63, 3.8) is 0 Å². The standard InChI is InChI=1S/C23H30N8O6/c1-16-6-10-29(19(32)5-8-24)14-18(16)28(2)21-17-7-11-30(22(17)27-15-26-21)23(34)25-9-3-4-20(33)37-31-35-12-13-36-31/h7,11,15-16,18H,3-6,9-10,12-14H2,1-2H3,(H,25,34)/t16-,18+/m1/s1. The van der Waals surface area contributed by atoms with Gasteiger partial charge in [0, 0.05) is 39.3 Å². The maximum atomic E-state index is 12.8. The summed E-state index contributed by atoms with van der Waals surface area (Å²) in [5, 5.41) is 13.1. The van der Waals surface area contributed by atoms with E-state index in [-0.39, 0.29) is 37.4 Å². The molecule has 2 aliphatic rings. The van der Waals surface area contributed by atoms with Crippen LogP contribution in [0, 0.1) is 17.2 Å². The predicted molar refractivity (Wildman–Crippen MR) is 128 cm³/mol. The zero-order valence-corrected chi connectivity index (χ0v) is 20.8. The summed E-state index contributed by atoms with van der Waals surface area (Å²) in [5.41, 5.74) is 0.443. The maximum Gasteiger partial charge on any atom is 0.330 e. The molecular formula is C23H30N8O6. The van der Waals surface area contributed by atoms with E-state index >= 15 is 0 Å². The Kier molecular flexibility index (Phi) is 8.49. The van der Waals surface area contributed by atoms with Gasteiger partial charge in [0.15, 0.2) is 5.65 Å². The van der Waals surface area contributed by atoms with Crippen LogP contribution in [0.2, 0.25) is 0 Å². The number of nitrogens with zero attached hydrogens (tertiary/aromatic N) is 7. The van der Waals surface area contributed by atoms with Crippen molar-refractivity contribution in [1.82, 2.24) is 30.1 Å². The van der Waals surface area contributed by atoms with Gasteiger partial charge in [-0.2, -0.15) is 5.26 Å². The minimum absolute atomic E-state index is 0.0113. The number of piperidine rings is 1. The molecule has 1 N–H and O–H groups in total. The molecule has 2 aromatic rings. The Bertz CT molecular complexity index is 1170. The SMILES string of the molecule is C[C@@H]1CCN(C(=O)CC#N)C[C@@H]1N(C)c1ncnc2c1ccn2C(=O)NCCCC(=O)ON1OCCO1. The van der Waals surface area contributed by atoms with Crippen LogP contribution >= 0.6 is 0 Å². The van der Waals surface area contributed by atoms with Gasteiger partial charge in [-0.05, 0) is 24.8 Å². The van der Waals surface area contributed by atoms with Crippen LogP contribution in [0.15, 0.2) is 18.6 Å². The molecule has 2 aliphatic heterocycles. The summed E-state index contributed by atoms with van der Waals surface area (Å²) in [5.74, 6) is 0.237. The summed E-state index contributed by atoms with van der Waals surface area (Å²) in [6, 6.07) is 3.31. The summed E-state index contributed by atoms with van der Waals surface area (Å²) in [4.78, 5) is 64.1. The largest absolute Gasteiger partial charge is 0.354 e. The van der Waals surface area contributed by atoms with Crippen LogP contribution in [0.4, 0.5) is 10.6 Å². The molecule has 2 fully saturated rings. The van der Waals surface area contributed by atoms with Crippen molar-refractivity contribution >= 4 is 34.8 Å². The fourth-order valence-corrected chi connectivity index (χ4v) is 4.45. The number of nitrogens with one attached hydrogen (secondary N) is 1. The fourth-order valence-electron chi connectivity index (χ4n) is 4.45. The molecule has 0 unspecified atom stereocenters. The topological polar surface area (TPSA) is 155 Å². The van der Waals surface area contributed by atoms with Gasteiger partial charge in [0.2, 0.25) is 5.91 Å². The lowest BCUT2D eigenvalue weighted by atomic mass is 9.92. The maximum absolute atomic E-state index is 12.8. The van der Waals surface area contributed by atoms with Gasteiger partial charge in [-0.25, -0.2) is 24.4 Å². The van der Waals surface area contributed by atoms with Crippen molar-refractivity contribution < 1.29 is 28.9 Å². The first kappa shape index (κ1) is 26.3. The molecule has 0 aliphatic carbocycles. The number of carbonyl (C=O) groups is 3. The van der Waals surface area contributed by atoms with Crippen LogP contribution in [-0.4, -0.2) is 88.7 Å². The molecule has 0 saturated carbocycles. The van der Waals surface area contributed by atoms with E-state index in [0.29, 0.717) is 60.9 Å². The first-order valence-corrected chi connectivity index (χ1v) is 12.1. The van der Waals surface area contributed by atoms with E-state index in [9.17, 15) is 14.4 Å². The second-order valence-corrected chi connectivity index (χ2v) is 8.93. The number of likely N-dealkylation sites (N-methyl/N-ethyl adjacent to an activating group) is 1. The molecule has 2 atom stereocenters. The Labute approximate surface area is 213 Å². The Morgan fingerprint density at radius 1 is 1.30 bits per heavy atom. The number of hydrogen-bond acceptors (Lipinski definition) is 11. The predicted octanol–water partition coefficient (Wildman–Crippen LogP) is 0.993. The van der Waals surface area contributed by atoms with Crippen LogP contribution in [0.3, 0.4) is 0 Å². The third-order valence-corrected chi connectivity index (χ3v) is 6.50. The van der Waals surface area contributed by atoms with Crippen molar-refractivity contribution in [2.45, 2.75) is 38.6 Å². The van der Waals surface area contributed by atoms with Crippen molar-refractivity contribution in [2.24, 2.45) is 5.92 Å². The lowest BCUT2D eigenvalue weighted by Gasteiger charge is -2.42. The van der Waals surface area contributed by atoms with E-state index in [1.165, 1.54) is 10.9 Å². The smallest absolute Gasteiger partial charge is 0.330 e. The van der Waals surface area contributed by atoms with Crippen molar-refractivity contribution in [3.05, 3.63) is 18.6 Å². The molecule has 4 heterocycles. The number of amides is 2. The van der Waals surface area contributed by atoms with Crippen LogP contribution in [0.25, 0.3) is 11.0 Å². The molecule has 2 aromatic heterocycles. The van der Waals surface area contributed by atoms with Gasteiger partial charge >= 0.3 is 12.0 Å². The summed E-state index contributed by atoms with van der Waals surface area (Å²) in [6.07, 6.45) is 4.14. The lowest BCUT2D eigenvalue weighted by Crippen LogP contribution is -2.52. The number of likely N-dealkylation sites (tertiary alicyclic amines) is 1. The second kappa shape index (κ2) is 12.0. The Morgan fingerprint density at radius 3 is 2.84 bits per heavy atom. The number of hydrogen-bond donors (Lipinski definition) is 1. The van der Waals surface area contributed by atoms with Crippen LogP contribution in [0.5, 0.6) is 0 Å². The third-order valence-electron chi connectivity index (χ3n) is 6.50. The highest BCUT2D eigenvalue weighted by Gasteiger charge is 2.33. The highest BCUT2D eigenvalue weighted by molar-refractivity contribution is 5.94. The quantitative estimate of drug-likeness (QED) is 0.501. The van der Waals surface area contributed by atoms with Gasteiger partial charge in [0.05, 0.1) is 17.5 Å². The molecule has 37 heavy (non-hydrogen) atoms. The van der Waals surface area contributed by atoms with Gasteiger partial charge in [-0.3, -0.25) is 14.2 Å². The van der Waals surface area contributed by atoms with Crippen LogP contribution in [-0.2, 0) is 24.1 Å². The highest BCUT2D eigenvalue weighted by atomic mass is 17.2. The zero-order valence-electron chi connectivity index (χ0n) is 20.8. The fraction of sp³-hybridized carbons (Fsp3) is 0.565. The Balaban J connectivity index is 1.37. The minimum Gasteiger partial charge on any atom is -0.354 e. The van der Waals surface area contributed by atoms with Gasteiger partial charge in [0.25, 0.3) is 0 Å². The number of aromatic nitrogens is 3. The molecule has 0 aromatic carbocycles. The van der Waals surface area contributed by atoms with E-state index in [0.717, 1.165) is 6.42 Å². The normalized spacial score (nSPS) is 20.0. The average Bonchev–Trinajstić information content (AvgIpc) is 3.56. The molecule has 198 valence electrons. The van der Waals surface area contributed by atoms with Crippen LogP contribution in [0.1, 0.15) is 32.6 Å². The van der Waals surface area contributed by atoms with Crippen molar-refractivity contribution in [3.8, 4) is 6.07 Å². The molecule has 0 spiro atoms. The monoisotopic (exact) mass is 514 g/mol. The third kappa shape index (κ3) is 6.13. The van der Waals surface area contributed by atoms with E-state index in [4.69, 9.17) is 19.8 Å². The number of anilines is 1. The van der Waals surface area contributed by atoms with Gasteiger partial charge in [-0.15, -0.1) is 0 Å². The van der Waals surface area contributed by atoms with E-state index < -0.39 is 5.97 Å². The first-order valence-electron chi connectivity index (χ1n) is 12.1. The first-order chi connectivity index (χ1) is 17.9. The summed E-state index contributed by atoms with van der Waals surface area (Å²) in [6.45, 7) is 4.12. The van der Waals surface area contributed by atoms with Crippen molar-refractivity contribution in [1.29, 1.82) is 5.26 Å². The number of fused-ring (bicyclic) bond motifs is 1. The molecule has 14 nitrogen and oxygen atoms in total. The second-order valence-electron chi connectivity index (χ2n) is 8.93. The van der Waals surface area contributed by atoms with Gasteiger partial charge in [0.1, 0.15) is 37.2 Å². The molecule has 2 saturated heterocycles. The lowest BCUT2D eigenvalue weighted by molar-refractivity contribution is -0.460. The van der Waals surface area contributed by atoms with Crippen LogP contribution < -0.4 is 10.2 Å². The molecule has 4 rings (SSSR count). The molecule has 0 bridgehead atoms. The van der Waals surface area contributed by atoms with E-state index in [2.05, 4.69) is 22.2 Å². The van der Waals surface area contributed by atoms with E-state index in [1.807, 2.05) is 18.0 Å². The number of rotatable bonds is 8. The summed E-state index contributed by atoms with van der Waals surface area (Å²) < 4.78 is 1.39. The summed E-state index contributed by atoms with van der Waals surface area (Å²) in [7, 11) is 1.91. The number of nitriles is 1. The molecule has 0 radical (unpaired) electrons. The van der Waals surface area contributed by atoms with E-state index in [1.54, 1.807) is 17.2 Å². The Hall–Kier alpha value is -3.80. The molecule has 14 heteroatoms. The molecule has 2 amide bonds. The van der Waals surface area contributed by atoms with Gasteiger partial charge < -0.3 is 20.0 Å².